The molecule has 6 aromatic carbocycles. The number of halogens is 7. The summed E-state index contributed by atoms with van der Waals surface area (Å²) in [4.78, 5) is 0. The zero-order chi connectivity index (χ0) is 61.1. The number of alkyl halides is 6. The van der Waals surface area contributed by atoms with E-state index >= 15 is 0 Å². The maximum absolute atomic E-state index is 13.6. The molecular weight excluding hydrogens is 1140 g/mol. The molecule has 0 heterocycles. The maximum Gasteiger partial charge on any atom is 0.416 e. The normalized spacial score (nSPS) is 12.5. The summed E-state index contributed by atoms with van der Waals surface area (Å²) in [6, 6.07) is 24.4. The highest BCUT2D eigenvalue weighted by molar-refractivity contribution is 14.1. The zero-order valence-corrected chi connectivity index (χ0v) is 55.5. The van der Waals surface area contributed by atoms with Crippen LogP contribution < -0.4 is 14.8 Å². The molecule has 2 nitrogen and oxygen atoms in total. The fourth-order valence-electron chi connectivity index (χ4n) is 11.5. The lowest BCUT2D eigenvalue weighted by Crippen LogP contribution is -2.33. The summed E-state index contributed by atoms with van der Waals surface area (Å²) in [5.74, 6) is 2.90. The molecule has 0 bridgehead atoms. The molecule has 0 aliphatic rings. The largest absolute Gasteiger partial charge is 0.496 e. The summed E-state index contributed by atoms with van der Waals surface area (Å²) in [5.41, 5.74) is 16.8. The van der Waals surface area contributed by atoms with E-state index in [1.54, 1.807) is 38.5 Å². The second-order valence-corrected chi connectivity index (χ2v) is 29.7. The Morgan fingerprint density at radius 1 is 0.400 bits per heavy atom. The molecule has 6 aromatic rings. The smallest absolute Gasteiger partial charge is 0.416 e. The number of benzene rings is 6. The second kappa shape index (κ2) is 26.9. The predicted octanol–water partition coefficient (Wildman–Crippen LogP) is 23.8. The molecule has 10 heteroatoms. The molecule has 0 saturated carbocycles. The van der Waals surface area contributed by atoms with E-state index in [-0.39, 0.29) is 45.8 Å². The Hall–Kier alpha value is -4.34. The Balaban J connectivity index is 0.000000341. The monoisotopic (exact) mass is 1240 g/mol. The van der Waals surface area contributed by atoms with Crippen LogP contribution in [-0.2, 0) is 12.4 Å². The minimum atomic E-state index is -4.38. The van der Waals surface area contributed by atoms with Crippen molar-refractivity contribution in [2.45, 2.75) is 210 Å². The van der Waals surface area contributed by atoms with Crippen molar-refractivity contribution in [3.63, 3.8) is 0 Å². The molecule has 0 radical (unpaired) electrons. The average molecular weight is 1240 g/mol. The van der Waals surface area contributed by atoms with Crippen LogP contribution >= 0.6 is 30.5 Å². The summed E-state index contributed by atoms with van der Waals surface area (Å²) >= 11 is 2.36. The molecule has 6 rings (SSSR count). The number of ether oxygens (including phenoxy) is 2. The van der Waals surface area contributed by atoms with E-state index in [0.29, 0.717) is 0 Å². The molecule has 438 valence electrons. The van der Waals surface area contributed by atoms with Gasteiger partial charge in [0.2, 0.25) is 0 Å². The summed E-state index contributed by atoms with van der Waals surface area (Å²) in [7, 11) is 2.70. The van der Waals surface area contributed by atoms with E-state index < -0.39 is 31.4 Å². The van der Waals surface area contributed by atoms with Crippen molar-refractivity contribution in [1.82, 2.24) is 0 Å². The van der Waals surface area contributed by atoms with Crippen LogP contribution in [-0.4, -0.2) is 24.5 Å². The first-order chi connectivity index (χ1) is 36.9. The fourth-order valence-corrected chi connectivity index (χ4v) is 16.8. The van der Waals surface area contributed by atoms with E-state index in [0.717, 1.165) is 54.0 Å². The van der Waals surface area contributed by atoms with Gasteiger partial charge in [0.1, 0.15) is 11.5 Å². The molecule has 0 fully saturated rings. The van der Waals surface area contributed by atoms with Crippen molar-refractivity contribution >= 4 is 35.8 Å². The van der Waals surface area contributed by atoms with Gasteiger partial charge in [0.15, 0.2) is 0 Å². The van der Waals surface area contributed by atoms with E-state index in [1.807, 2.05) is 19.9 Å². The highest BCUT2D eigenvalue weighted by Crippen LogP contribution is 2.62. The molecule has 0 amide bonds. The molecule has 80 heavy (non-hydrogen) atoms. The number of rotatable bonds is 13. The van der Waals surface area contributed by atoms with Gasteiger partial charge in [-0.3, -0.25) is 0 Å². The van der Waals surface area contributed by atoms with Gasteiger partial charge in [0.25, 0.3) is 0 Å². The van der Waals surface area contributed by atoms with Crippen molar-refractivity contribution in [1.29, 1.82) is 0 Å². The summed E-state index contributed by atoms with van der Waals surface area (Å²) in [5, 5.41) is 1.26. The van der Waals surface area contributed by atoms with E-state index in [9.17, 15) is 26.3 Å². The van der Waals surface area contributed by atoms with Gasteiger partial charge in [-0.05, 0) is 202 Å². The minimum absolute atomic E-state index is 0.00642. The van der Waals surface area contributed by atoms with Crippen LogP contribution in [0.5, 0.6) is 11.5 Å². The average Bonchev–Trinajstić information content (AvgIpc) is 3.35. The molecule has 0 aromatic heterocycles. The Kier molecular flexibility index (Phi) is 22.9. The molecule has 0 spiro atoms. The summed E-state index contributed by atoms with van der Waals surface area (Å²) in [6.07, 6.45) is -8.74. The van der Waals surface area contributed by atoms with Crippen LogP contribution in [0.15, 0.2) is 84.9 Å². The number of methoxy groups -OCH3 is 2. The van der Waals surface area contributed by atoms with Gasteiger partial charge in [-0.1, -0.05) is 195 Å². The quantitative estimate of drug-likeness (QED) is 0.0652. The second-order valence-electron chi connectivity index (χ2n) is 24.8. The van der Waals surface area contributed by atoms with Crippen LogP contribution in [0.2, 0.25) is 0 Å². The van der Waals surface area contributed by atoms with E-state index in [1.165, 1.54) is 79.6 Å². The van der Waals surface area contributed by atoms with E-state index in [2.05, 4.69) is 191 Å². The first-order valence-corrected chi connectivity index (χ1v) is 30.9. The topological polar surface area (TPSA) is 18.5 Å². The third-order valence-corrected chi connectivity index (χ3v) is 19.3. The van der Waals surface area contributed by atoms with Crippen LogP contribution in [0.1, 0.15) is 230 Å². The van der Waals surface area contributed by atoms with Crippen molar-refractivity contribution in [2.75, 3.05) is 14.2 Å². The zero-order valence-electron chi connectivity index (χ0n) is 52.5. The lowest BCUT2D eigenvalue weighted by atomic mass is 9.75. The number of hydrogen-bond donors (Lipinski definition) is 0. The highest BCUT2D eigenvalue weighted by atomic mass is 127. The van der Waals surface area contributed by atoms with Crippen LogP contribution in [0.25, 0.3) is 44.5 Å². The van der Waals surface area contributed by atoms with Crippen LogP contribution in [0.4, 0.5) is 26.3 Å². The molecule has 0 N–H and O–H groups in total. The van der Waals surface area contributed by atoms with Crippen LogP contribution in [0.3, 0.4) is 0 Å². The third kappa shape index (κ3) is 14.9. The van der Waals surface area contributed by atoms with Gasteiger partial charge < -0.3 is 9.47 Å². The van der Waals surface area contributed by atoms with Crippen molar-refractivity contribution in [3.05, 3.63) is 144 Å². The lowest BCUT2D eigenvalue weighted by molar-refractivity contribution is -0.138. The van der Waals surface area contributed by atoms with Crippen molar-refractivity contribution in [2.24, 2.45) is 0 Å². The lowest BCUT2D eigenvalue weighted by Gasteiger charge is -2.44. The molecule has 0 unspecified atom stereocenters. The van der Waals surface area contributed by atoms with Gasteiger partial charge >= 0.3 is 12.4 Å². The Labute approximate surface area is 493 Å². The fraction of sp³-hybridized carbons (Fsp3) is 0.486. The van der Waals surface area contributed by atoms with Crippen molar-refractivity contribution < 1.29 is 35.8 Å². The number of aryl methyl sites for hydroxylation is 2. The van der Waals surface area contributed by atoms with Gasteiger partial charge in [-0.25, -0.2) is 0 Å². The molecule has 0 saturated heterocycles. The summed E-state index contributed by atoms with van der Waals surface area (Å²) < 4.78 is 93.6. The standard InChI is InChI=1S/C38H52F3OP.C30H34F3IO.C2H6/c1-22(2)28-21-29(23(3)4)34(31(24(5)6)33(28)26-16-18-27(19-17-26)38(39,40)41)32-25(7)15-20-30(42-14)35(32)43(36(8,9)10)37(11,12)13;1-16(2)22-15-23(17(3)4)28(26-19(7)9-14-24(35-8)29(26)34)25(18(5)6)27(22)20-10-12-21(13-11-20)30(31,32)33;1-2/h15-24H,1-14H3;9-18H,1-8H3;1-2H3. The first kappa shape index (κ1) is 68.2. The molecular formula is C70H92F6IO2P. The SMILES string of the molecule is CC.COc1ccc(C)c(-c2c(C(C)C)cc(C(C)C)c(-c3ccc(C(F)(F)F)cc3)c2C(C)C)c1I.COc1ccc(C)c(-c2c(C(C)C)cc(C(C)C)c(-c3ccc(C(F)(F)F)cc3)c2C(C)C)c1P(C(C)(C)C)C(C)(C)C. The minimum Gasteiger partial charge on any atom is -0.496 e. The first-order valence-electron chi connectivity index (χ1n) is 28.5. The maximum atomic E-state index is 13.6. The third-order valence-electron chi connectivity index (χ3n) is 14.7. The van der Waals surface area contributed by atoms with Gasteiger partial charge in [-0.15, -0.1) is 0 Å². The molecule has 0 aliphatic carbocycles. The van der Waals surface area contributed by atoms with Gasteiger partial charge in [0, 0.05) is 10.9 Å². The summed E-state index contributed by atoms with van der Waals surface area (Å²) in [6.45, 7) is 48.6. The Bertz CT molecular complexity index is 3040. The Morgan fingerprint density at radius 2 is 0.700 bits per heavy atom. The van der Waals surface area contributed by atoms with Gasteiger partial charge in [-0.2, -0.15) is 26.3 Å². The molecule has 0 aliphatic heterocycles. The van der Waals surface area contributed by atoms with Crippen LogP contribution in [0, 0.1) is 17.4 Å². The predicted molar refractivity (Wildman–Crippen MR) is 342 cm³/mol. The van der Waals surface area contributed by atoms with E-state index in [4.69, 9.17) is 9.47 Å². The van der Waals surface area contributed by atoms with Crippen molar-refractivity contribution in [3.8, 4) is 56.0 Å². The molecule has 0 atom stereocenters. The van der Waals surface area contributed by atoms with Gasteiger partial charge in [0.05, 0.1) is 28.9 Å². The highest BCUT2D eigenvalue weighted by Gasteiger charge is 2.41. The Morgan fingerprint density at radius 3 is 0.988 bits per heavy atom. The number of hydrogen-bond acceptors (Lipinski definition) is 2.